The third-order valence-corrected chi connectivity index (χ3v) is 4.12. The van der Waals surface area contributed by atoms with Crippen molar-refractivity contribution in [3.63, 3.8) is 0 Å². The number of methoxy groups -OCH3 is 1. The highest BCUT2D eigenvalue weighted by atomic mass is 16.5. The van der Waals surface area contributed by atoms with Gasteiger partial charge >= 0.3 is 0 Å². The van der Waals surface area contributed by atoms with Gasteiger partial charge in [-0.1, -0.05) is 30.3 Å². The van der Waals surface area contributed by atoms with Gasteiger partial charge < -0.3 is 4.74 Å². The van der Waals surface area contributed by atoms with E-state index in [0.717, 1.165) is 5.56 Å². The van der Waals surface area contributed by atoms with Crippen LogP contribution in [0, 0.1) is 16.7 Å². The molecule has 2 aromatic carbocycles. The van der Waals surface area contributed by atoms with Crippen LogP contribution < -0.4 is 4.74 Å². The van der Waals surface area contributed by atoms with Crippen molar-refractivity contribution in [1.82, 2.24) is 0 Å². The molecule has 21 heavy (non-hydrogen) atoms. The van der Waals surface area contributed by atoms with Crippen LogP contribution in [0.1, 0.15) is 28.3 Å². The zero-order valence-corrected chi connectivity index (χ0v) is 11.7. The molecule has 3 heteroatoms. The molecule has 0 spiro atoms. The number of hydrogen-bond acceptors (Lipinski definition) is 3. The fourth-order valence-corrected chi connectivity index (χ4v) is 2.78. The summed E-state index contributed by atoms with van der Waals surface area (Å²) in [4.78, 5) is 12.7. The Kier molecular flexibility index (Phi) is 3.23. The summed E-state index contributed by atoms with van der Waals surface area (Å²) < 4.78 is 5.09. The predicted octanol–water partition coefficient (Wildman–Crippen LogP) is 3.58. The zero-order chi connectivity index (χ0) is 14.9. The van der Waals surface area contributed by atoms with Gasteiger partial charge in [0.25, 0.3) is 0 Å². The highest BCUT2D eigenvalue weighted by Gasteiger charge is 2.61. The van der Waals surface area contributed by atoms with Gasteiger partial charge in [0.05, 0.1) is 13.2 Å². The highest BCUT2D eigenvalue weighted by molar-refractivity contribution is 6.05. The Bertz CT molecular complexity index is 700. The average Bonchev–Trinajstić information content (AvgIpc) is 3.31. The molecular formula is C18H15NO2. The Labute approximate surface area is 123 Å². The van der Waals surface area contributed by atoms with E-state index in [-0.39, 0.29) is 11.7 Å². The number of nitriles is 1. The summed E-state index contributed by atoms with van der Waals surface area (Å²) in [6, 6.07) is 19.0. The first-order valence-corrected chi connectivity index (χ1v) is 6.86. The number of benzene rings is 2. The number of carbonyl (C=O) groups is 1. The van der Waals surface area contributed by atoms with Crippen LogP contribution in [0.4, 0.5) is 0 Å². The summed E-state index contributed by atoms with van der Waals surface area (Å²) >= 11 is 0. The number of hydrogen-bond donors (Lipinski definition) is 0. The van der Waals surface area contributed by atoms with Crippen LogP contribution in [-0.2, 0) is 0 Å². The van der Waals surface area contributed by atoms with E-state index in [4.69, 9.17) is 4.74 Å². The number of Topliss-reactive ketones (excluding diaryl/α,β-unsaturated/α-hetero) is 1. The first-order chi connectivity index (χ1) is 10.2. The second kappa shape index (κ2) is 5.06. The van der Waals surface area contributed by atoms with E-state index >= 15 is 0 Å². The number of carbonyl (C=O) groups excluding carboxylic acids is 1. The van der Waals surface area contributed by atoms with Crippen LogP contribution in [0.25, 0.3) is 0 Å². The molecule has 1 aliphatic carbocycles. The minimum atomic E-state index is -0.907. The largest absolute Gasteiger partial charge is 0.497 e. The van der Waals surface area contributed by atoms with Gasteiger partial charge in [-0.05, 0) is 36.2 Å². The first-order valence-electron chi connectivity index (χ1n) is 6.86. The summed E-state index contributed by atoms with van der Waals surface area (Å²) in [6.45, 7) is 0. The molecule has 0 heterocycles. The number of ether oxygens (including phenoxy) is 1. The standard InChI is InChI=1S/C18H15NO2/c1-21-15-9-7-14(8-10-15)17(20)18(12-19)11-16(18)13-5-3-2-4-6-13/h2-10,16H,11H2,1H3/t16?,18-/m0/s1. The third kappa shape index (κ3) is 2.19. The molecule has 3 nitrogen and oxygen atoms in total. The maximum Gasteiger partial charge on any atom is 0.183 e. The van der Waals surface area contributed by atoms with E-state index in [1.165, 1.54) is 0 Å². The lowest BCUT2D eigenvalue weighted by Gasteiger charge is -2.09. The van der Waals surface area contributed by atoms with Gasteiger partial charge in [-0.25, -0.2) is 0 Å². The zero-order valence-electron chi connectivity index (χ0n) is 11.7. The van der Waals surface area contributed by atoms with E-state index in [2.05, 4.69) is 6.07 Å². The second-order valence-electron chi connectivity index (χ2n) is 5.31. The van der Waals surface area contributed by atoms with E-state index in [1.54, 1.807) is 31.4 Å². The molecule has 3 rings (SSSR count). The van der Waals surface area contributed by atoms with Crippen molar-refractivity contribution in [3.8, 4) is 11.8 Å². The molecule has 0 aliphatic heterocycles. The normalized spacial score (nSPS) is 23.1. The maximum atomic E-state index is 12.7. The molecule has 0 aromatic heterocycles. The van der Waals surface area contributed by atoms with Crippen molar-refractivity contribution < 1.29 is 9.53 Å². The minimum absolute atomic E-state index is 0.00157. The van der Waals surface area contributed by atoms with Crippen LogP contribution in [0.5, 0.6) is 5.75 Å². The van der Waals surface area contributed by atoms with E-state index in [1.807, 2.05) is 30.3 Å². The fourth-order valence-electron chi connectivity index (χ4n) is 2.78. The molecule has 1 unspecified atom stereocenters. The topological polar surface area (TPSA) is 50.1 Å². The molecule has 0 bridgehead atoms. The van der Waals surface area contributed by atoms with Gasteiger partial charge in [-0.15, -0.1) is 0 Å². The first kappa shape index (κ1) is 13.4. The molecule has 2 aromatic rings. The minimum Gasteiger partial charge on any atom is -0.497 e. The Morgan fingerprint density at radius 3 is 2.43 bits per heavy atom. The van der Waals surface area contributed by atoms with Crippen LogP contribution in [-0.4, -0.2) is 12.9 Å². The lowest BCUT2D eigenvalue weighted by Crippen LogP contribution is -2.16. The van der Waals surface area contributed by atoms with E-state index in [0.29, 0.717) is 17.7 Å². The van der Waals surface area contributed by atoms with Gasteiger partial charge in [0.15, 0.2) is 5.78 Å². The van der Waals surface area contributed by atoms with Gasteiger partial charge in [-0.3, -0.25) is 4.79 Å². The van der Waals surface area contributed by atoms with Crippen molar-refractivity contribution in [1.29, 1.82) is 5.26 Å². The van der Waals surface area contributed by atoms with Crippen molar-refractivity contribution in [2.45, 2.75) is 12.3 Å². The Balaban J connectivity index is 1.88. The van der Waals surface area contributed by atoms with Crippen LogP contribution >= 0.6 is 0 Å². The molecular weight excluding hydrogens is 262 g/mol. The van der Waals surface area contributed by atoms with Gasteiger partial charge in [0.2, 0.25) is 0 Å². The third-order valence-electron chi connectivity index (χ3n) is 4.12. The van der Waals surface area contributed by atoms with Crippen molar-refractivity contribution >= 4 is 5.78 Å². The van der Waals surface area contributed by atoms with E-state index < -0.39 is 5.41 Å². The lowest BCUT2D eigenvalue weighted by atomic mass is 9.91. The summed E-state index contributed by atoms with van der Waals surface area (Å²) in [6.07, 6.45) is 0.596. The molecule has 0 saturated heterocycles. The summed E-state index contributed by atoms with van der Waals surface area (Å²) in [5, 5.41) is 9.53. The van der Waals surface area contributed by atoms with Crippen LogP contribution in [0.3, 0.4) is 0 Å². The molecule has 0 radical (unpaired) electrons. The SMILES string of the molecule is COc1ccc(C(=O)[C@]2(C#N)CC2c2ccccc2)cc1. The maximum absolute atomic E-state index is 12.7. The number of ketones is 1. The van der Waals surface area contributed by atoms with Crippen LogP contribution in [0.2, 0.25) is 0 Å². The quantitative estimate of drug-likeness (QED) is 0.803. The summed E-state index contributed by atoms with van der Waals surface area (Å²) in [7, 11) is 1.58. The fraction of sp³-hybridized carbons (Fsp3) is 0.222. The smallest absolute Gasteiger partial charge is 0.183 e. The molecule has 104 valence electrons. The van der Waals surface area contributed by atoms with Crippen molar-refractivity contribution in [3.05, 3.63) is 65.7 Å². The van der Waals surface area contributed by atoms with Gasteiger partial charge in [0, 0.05) is 11.5 Å². The molecule has 0 N–H and O–H groups in total. The highest BCUT2D eigenvalue weighted by Crippen LogP contribution is 2.60. The average molecular weight is 277 g/mol. The predicted molar refractivity (Wildman–Crippen MR) is 79.2 cm³/mol. The van der Waals surface area contributed by atoms with Gasteiger partial charge in [-0.2, -0.15) is 5.26 Å². The molecule has 0 amide bonds. The molecule has 1 aliphatic rings. The monoisotopic (exact) mass is 277 g/mol. The number of nitrogens with zero attached hydrogens (tertiary/aromatic N) is 1. The number of rotatable bonds is 4. The van der Waals surface area contributed by atoms with Crippen molar-refractivity contribution in [2.75, 3.05) is 7.11 Å². The van der Waals surface area contributed by atoms with Crippen molar-refractivity contribution in [2.24, 2.45) is 5.41 Å². The Morgan fingerprint density at radius 1 is 1.19 bits per heavy atom. The van der Waals surface area contributed by atoms with Crippen LogP contribution in [0.15, 0.2) is 54.6 Å². The Hall–Kier alpha value is -2.60. The summed E-state index contributed by atoms with van der Waals surface area (Å²) in [5.74, 6) is 0.604. The van der Waals surface area contributed by atoms with E-state index in [9.17, 15) is 10.1 Å². The Morgan fingerprint density at radius 2 is 1.86 bits per heavy atom. The second-order valence-corrected chi connectivity index (χ2v) is 5.31. The molecule has 1 saturated carbocycles. The summed E-state index contributed by atoms with van der Waals surface area (Å²) in [5.41, 5.74) is 0.715. The lowest BCUT2D eigenvalue weighted by molar-refractivity contribution is 0.0931. The molecule has 2 atom stereocenters. The van der Waals surface area contributed by atoms with Gasteiger partial charge in [0.1, 0.15) is 11.2 Å². The molecule has 1 fully saturated rings.